The highest BCUT2D eigenvalue weighted by Crippen LogP contribution is 2.30. The Morgan fingerprint density at radius 1 is 1.11 bits per heavy atom. The van der Waals surface area contributed by atoms with Gasteiger partial charge in [-0.1, -0.05) is 23.7 Å². The first-order valence-corrected chi connectivity index (χ1v) is 6.92. The van der Waals surface area contributed by atoms with Crippen LogP contribution < -0.4 is 5.32 Å². The van der Waals surface area contributed by atoms with Gasteiger partial charge in [0, 0.05) is 8.95 Å². The molecule has 0 atom stereocenters. The molecule has 0 spiro atoms. The maximum Gasteiger partial charge on any atom is 0.274 e. The first-order valence-electron chi connectivity index (χ1n) is 4.96. The fourth-order valence-electron chi connectivity index (χ4n) is 1.33. The van der Waals surface area contributed by atoms with E-state index >= 15 is 0 Å². The number of aromatic nitrogens is 1. The van der Waals surface area contributed by atoms with Crippen molar-refractivity contribution in [3.63, 3.8) is 0 Å². The Morgan fingerprint density at radius 2 is 1.72 bits per heavy atom. The minimum absolute atomic E-state index is 0.269. The molecule has 2 aromatic rings. The van der Waals surface area contributed by atoms with Crippen LogP contribution in [0.3, 0.4) is 0 Å². The molecule has 0 saturated carbocycles. The fourth-order valence-corrected chi connectivity index (χ4v) is 2.69. The van der Waals surface area contributed by atoms with Crippen molar-refractivity contribution in [2.24, 2.45) is 0 Å². The van der Waals surface area contributed by atoms with E-state index in [-0.39, 0.29) is 16.8 Å². The molecule has 6 heteroatoms. The van der Waals surface area contributed by atoms with Crippen LogP contribution in [0.15, 0.2) is 45.3 Å². The van der Waals surface area contributed by atoms with Crippen molar-refractivity contribution in [2.45, 2.75) is 0 Å². The summed E-state index contributed by atoms with van der Waals surface area (Å²) in [6.07, 6.45) is 0. The predicted molar refractivity (Wildman–Crippen MR) is 79.0 cm³/mol. The predicted octanol–water partition coefficient (Wildman–Crippen LogP) is 4.51. The lowest BCUT2D eigenvalue weighted by Crippen LogP contribution is -2.14. The van der Waals surface area contributed by atoms with Gasteiger partial charge in [0.1, 0.15) is 10.8 Å². The third-order valence-electron chi connectivity index (χ3n) is 2.15. The van der Waals surface area contributed by atoms with Crippen LogP contribution in [0.4, 0.5) is 5.69 Å². The zero-order valence-electron chi connectivity index (χ0n) is 8.95. The number of carbonyl (C=O) groups is 1. The molecule has 3 nitrogen and oxygen atoms in total. The molecule has 0 unspecified atom stereocenters. The van der Waals surface area contributed by atoms with Crippen LogP contribution in [0.5, 0.6) is 0 Å². The molecule has 1 heterocycles. The second kappa shape index (κ2) is 5.82. The molecule has 0 aliphatic rings. The number of hydrogen-bond donors (Lipinski definition) is 1. The van der Waals surface area contributed by atoms with Gasteiger partial charge in [-0.15, -0.1) is 0 Å². The normalized spacial score (nSPS) is 10.2. The quantitative estimate of drug-likeness (QED) is 0.767. The Bertz CT molecular complexity index is 584. The molecule has 1 N–H and O–H groups in total. The van der Waals surface area contributed by atoms with E-state index in [0.717, 1.165) is 8.95 Å². The largest absolute Gasteiger partial charge is 0.319 e. The van der Waals surface area contributed by atoms with Crippen LogP contribution >= 0.6 is 43.5 Å². The summed E-state index contributed by atoms with van der Waals surface area (Å²) in [4.78, 5) is 15.9. The summed E-state index contributed by atoms with van der Waals surface area (Å²) >= 11 is 12.5. The van der Waals surface area contributed by atoms with E-state index in [1.807, 2.05) is 18.2 Å². The highest BCUT2D eigenvalue weighted by atomic mass is 79.9. The number of benzene rings is 1. The van der Waals surface area contributed by atoms with Gasteiger partial charge in [-0.05, 0) is 56.1 Å². The number of rotatable bonds is 2. The molecular formula is C12H7Br2ClN2O. The lowest BCUT2D eigenvalue weighted by atomic mass is 10.3. The SMILES string of the molecule is O=C(Nc1c(Br)cccc1Br)c1cccc(Cl)n1. The monoisotopic (exact) mass is 388 g/mol. The molecular weight excluding hydrogens is 383 g/mol. The number of nitrogens with one attached hydrogen (secondary N) is 1. The second-order valence-corrected chi connectivity index (χ2v) is 5.49. The van der Waals surface area contributed by atoms with Crippen LogP contribution in [-0.4, -0.2) is 10.9 Å². The van der Waals surface area contributed by atoms with Gasteiger partial charge in [0.05, 0.1) is 5.69 Å². The molecule has 0 fully saturated rings. The minimum Gasteiger partial charge on any atom is -0.319 e. The van der Waals surface area contributed by atoms with Crippen molar-refractivity contribution in [3.05, 3.63) is 56.2 Å². The topological polar surface area (TPSA) is 42.0 Å². The van der Waals surface area contributed by atoms with Gasteiger partial charge in [0.2, 0.25) is 0 Å². The van der Waals surface area contributed by atoms with Gasteiger partial charge in [-0.2, -0.15) is 0 Å². The molecule has 1 aromatic carbocycles. The van der Waals surface area contributed by atoms with Crippen LogP contribution in [0.1, 0.15) is 10.5 Å². The molecule has 18 heavy (non-hydrogen) atoms. The Hall–Kier alpha value is -0.910. The number of halogens is 3. The zero-order valence-corrected chi connectivity index (χ0v) is 12.9. The maximum atomic E-state index is 12.0. The summed E-state index contributed by atoms with van der Waals surface area (Å²) in [6.45, 7) is 0. The molecule has 0 aliphatic carbocycles. The van der Waals surface area contributed by atoms with Gasteiger partial charge >= 0.3 is 0 Å². The molecule has 92 valence electrons. The summed E-state index contributed by atoms with van der Waals surface area (Å²) < 4.78 is 1.57. The molecule has 0 bridgehead atoms. The van der Waals surface area contributed by atoms with E-state index in [4.69, 9.17) is 11.6 Å². The van der Waals surface area contributed by atoms with Gasteiger partial charge in [0.15, 0.2) is 0 Å². The number of nitrogens with zero attached hydrogens (tertiary/aromatic N) is 1. The summed E-state index contributed by atoms with van der Waals surface area (Å²) in [5.41, 5.74) is 0.925. The summed E-state index contributed by atoms with van der Waals surface area (Å²) in [5, 5.41) is 3.05. The number of hydrogen-bond acceptors (Lipinski definition) is 2. The molecule has 2 rings (SSSR count). The van der Waals surface area contributed by atoms with Crippen molar-refractivity contribution in [1.29, 1.82) is 0 Å². The van der Waals surface area contributed by atoms with Crippen LogP contribution in [-0.2, 0) is 0 Å². The number of pyridine rings is 1. The van der Waals surface area contributed by atoms with E-state index in [2.05, 4.69) is 42.2 Å². The number of carbonyl (C=O) groups excluding carboxylic acids is 1. The number of amides is 1. The Kier molecular flexibility index (Phi) is 4.37. The average molecular weight is 390 g/mol. The number of anilines is 1. The van der Waals surface area contributed by atoms with Crippen molar-refractivity contribution in [2.75, 3.05) is 5.32 Å². The fraction of sp³-hybridized carbons (Fsp3) is 0. The summed E-state index contributed by atoms with van der Waals surface area (Å²) in [7, 11) is 0. The van der Waals surface area contributed by atoms with E-state index < -0.39 is 0 Å². The summed E-state index contributed by atoms with van der Waals surface area (Å²) in [6, 6.07) is 10.4. The first kappa shape index (κ1) is 13.5. The van der Waals surface area contributed by atoms with E-state index in [0.29, 0.717) is 5.69 Å². The van der Waals surface area contributed by atoms with Crippen LogP contribution in [0.25, 0.3) is 0 Å². The third kappa shape index (κ3) is 3.10. The van der Waals surface area contributed by atoms with Crippen LogP contribution in [0, 0.1) is 0 Å². The molecule has 0 radical (unpaired) electrons. The summed E-state index contributed by atoms with van der Waals surface area (Å²) in [5.74, 6) is -0.315. The number of para-hydroxylation sites is 1. The van der Waals surface area contributed by atoms with Crippen molar-refractivity contribution < 1.29 is 4.79 Å². The smallest absolute Gasteiger partial charge is 0.274 e. The molecule has 0 aliphatic heterocycles. The molecule has 0 saturated heterocycles. The standard InChI is InChI=1S/C12H7Br2ClN2O/c13-7-3-1-4-8(14)11(7)17-12(18)9-5-2-6-10(15)16-9/h1-6H,(H,17,18). The Morgan fingerprint density at radius 3 is 2.33 bits per heavy atom. The third-order valence-corrected chi connectivity index (χ3v) is 3.68. The van der Waals surface area contributed by atoms with Crippen molar-refractivity contribution >= 4 is 55.1 Å². The van der Waals surface area contributed by atoms with E-state index in [9.17, 15) is 4.79 Å². The zero-order chi connectivity index (χ0) is 13.1. The maximum absolute atomic E-state index is 12.0. The van der Waals surface area contributed by atoms with Crippen molar-refractivity contribution in [3.8, 4) is 0 Å². The minimum atomic E-state index is -0.315. The van der Waals surface area contributed by atoms with Crippen LogP contribution in [0.2, 0.25) is 5.15 Å². The Labute approximate surface area is 126 Å². The molecule has 1 aromatic heterocycles. The van der Waals surface area contributed by atoms with Crippen molar-refractivity contribution in [1.82, 2.24) is 4.98 Å². The lowest BCUT2D eigenvalue weighted by molar-refractivity contribution is 0.102. The highest BCUT2D eigenvalue weighted by molar-refractivity contribution is 9.11. The van der Waals surface area contributed by atoms with E-state index in [1.165, 1.54) is 0 Å². The highest BCUT2D eigenvalue weighted by Gasteiger charge is 2.12. The van der Waals surface area contributed by atoms with Gasteiger partial charge in [0.25, 0.3) is 5.91 Å². The van der Waals surface area contributed by atoms with Gasteiger partial charge in [-0.3, -0.25) is 4.79 Å². The Balaban J connectivity index is 2.27. The van der Waals surface area contributed by atoms with Gasteiger partial charge in [-0.25, -0.2) is 4.98 Å². The molecule has 1 amide bonds. The first-order chi connectivity index (χ1) is 8.58. The van der Waals surface area contributed by atoms with Gasteiger partial charge < -0.3 is 5.32 Å². The second-order valence-electron chi connectivity index (χ2n) is 3.40. The van der Waals surface area contributed by atoms with E-state index in [1.54, 1.807) is 18.2 Å². The average Bonchev–Trinajstić information content (AvgIpc) is 2.34. The lowest BCUT2D eigenvalue weighted by Gasteiger charge is -2.09.